The van der Waals surface area contributed by atoms with Gasteiger partial charge in [-0.2, -0.15) is 0 Å². The van der Waals surface area contributed by atoms with Gasteiger partial charge >= 0.3 is 6.03 Å². The van der Waals surface area contributed by atoms with Crippen LogP contribution in [0.15, 0.2) is 0 Å². The van der Waals surface area contributed by atoms with E-state index in [4.69, 9.17) is 5.73 Å². The number of primary amides is 1. The second kappa shape index (κ2) is 3.60. The number of carbonyl (C=O) groups excluding carboxylic acids is 3. The van der Waals surface area contributed by atoms with Gasteiger partial charge in [0.1, 0.15) is 5.78 Å². The van der Waals surface area contributed by atoms with Crippen molar-refractivity contribution in [3.8, 4) is 0 Å². The van der Waals surface area contributed by atoms with Crippen LogP contribution in [0.4, 0.5) is 4.79 Å². The number of rotatable bonds is 3. The average Bonchev–Trinajstić information content (AvgIpc) is 1.81. The third-order valence-electron chi connectivity index (χ3n) is 0.803. The average molecular weight is 144 g/mol. The Balaban J connectivity index is 3.96. The van der Waals surface area contributed by atoms with Crippen LogP contribution < -0.4 is 5.73 Å². The maximum absolute atomic E-state index is 10.3. The van der Waals surface area contributed by atoms with Gasteiger partial charge in [-0.15, -0.1) is 0 Å². The van der Waals surface area contributed by atoms with E-state index in [1.54, 1.807) is 0 Å². The summed E-state index contributed by atoms with van der Waals surface area (Å²) in [6.45, 7) is 1.01. The number of imide groups is 1. The Labute approximate surface area is 57.8 Å². The Bertz CT molecular complexity index is 166. The van der Waals surface area contributed by atoms with Gasteiger partial charge in [-0.05, 0) is 6.92 Å². The first kappa shape index (κ1) is 8.61. The lowest BCUT2D eigenvalue weighted by Crippen LogP contribution is -2.37. The molecule has 56 valence electrons. The summed E-state index contributed by atoms with van der Waals surface area (Å²) in [5, 5.41) is 0. The van der Waals surface area contributed by atoms with E-state index >= 15 is 0 Å². The van der Waals surface area contributed by atoms with Crippen LogP contribution in [0.2, 0.25) is 0 Å². The summed E-state index contributed by atoms with van der Waals surface area (Å²) in [5.74, 6) is -0.286. The number of Topliss-reactive ketones (excluding diaryl/α,β-unsaturated/α-hetero) is 1. The highest BCUT2D eigenvalue weighted by Crippen LogP contribution is 1.81. The Kier molecular flexibility index (Phi) is 3.10. The maximum Gasteiger partial charge on any atom is 0.321 e. The number of hydrogen-bond acceptors (Lipinski definition) is 3. The monoisotopic (exact) mass is 144 g/mol. The van der Waals surface area contributed by atoms with E-state index in [0.717, 1.165) is 0 Å². The fourth-order valence-electron chi connectivity index (χ4n) is 0.407. The number of urea groups is 1. The summed E-state index contributed by atoms with van der Waals surface area (Å²) in [4.78, 5) is 31.1. The first-order chi connectivity index (χ1) is 4.57. The molecule has 3 amide bonds. The molecule has 5 heteroatoms. The Hall–Kier alpha value is -1.39. The van der Waals surface area contributed by atoms with Crippen LogP contribution in [-0.2, 0) is 9.59 Å². The van der Waals surface area contributed by atoms with E-state index in [-0.39, 0.29) is 18.7 Å². The first-order valence-electron chi connectivity index (χ1n) is 2.58. The molecule has 0 aliphatic heterocycles. The van der Waals surface area contributed by atoms with Crippen molar-refractivity contribution >= 4 is 18.2 Å². The van der Waals surface area contributed by atoms with Crippen LogP contribution in [-0.4, -0.2) is 29.7 Å². The molecular formula is C5H8N2O3. The van der Waals surface area contributed by atoms with E-state index < -0.39 is 6.03 Å². The van der Waals surface area contributed by atoms with Crippen LogP contribution in [0.1, 0.15) is 6.92 Å². The molecule has 0 aliphatic rings. The van der Waals surface area contributed by atoms with Crippen molar-refractivity contribution < 1.29 is 14.4 Å². The lowest BCUT2D eigenvalue weighted by molar-refractivity contribution is -0.123. The van der Waals surface area contributed by atoms with Gasteiger partial charge in [-0.3, -0.25) is 14.5 Å². The van der Waals surface area contributed by atoms with Gasteiger partial charge in [0.2, 0.25) is 6.41 Å². The highest BCUT2D eigenvalue weighted by atomic mass is 16.2. The number of nitrogens with zero attached hydrogens (tertiary/aromatic N) is 1. The van der Waals surface area contributed by atoms with Crippen molar-refractivity contribution in [1.82, 2.24) is 4.90 Å². The molecule has 0 aliphatic carbocycles. The summed E-state index contributed by atoms with van der Waals surface area (Å²) in [5.41, 5.74) is 4.70. The first-order valence-corrected chi connectivity index (χ1v) is 2.58. The van der Waals surface area contributed by atoms with Gasteiger partial charge in [0.25, 0.3) is 0 Å². The summed E-state index contributed by atoms with van der Waals surface area (Å²) in [7, 11) is 0. The summed E-state index contributed by atoms with van der Waals surface area (Å²) in [6.07, 6.45) is 0.226. The molecule has 2 N–H and O–H groups in total. The Morgan fingerprint density at radius 1 is 1.60 bits per heavy atom. The number of carbonyl (C=O) groups is 3. The molecule has 0 aromatic carbocycles. The Morgan fingerprint density at radius 3 is 2.20 bits per heavy atom. The molecule has 0 saturated carbocycles. The Morgan fingerprint density at radius 2 is 2.10 bits per heavy atom. The molecule has 0 radical (unpaired) electrons. The molecule has 0 atom stereocenters. The normalized spacial score (nSPS) is 8.50. The zero-order valence-corrected chi connectivity index (χ0v) is 5.53. The van der Waals surface area contributed by atoms with Gasteiger partial charge in [-0.25, -0.2) is 4.79 Å². The maximum atomic E-state index is 10.3. The van der Waals surface area contributed by atoms with Crippen LogP contribution >= 0.6 is 0 Å². The zero-order valence-electron chi connectivity index (χ0n) is 5.53. The van der Waals surface area contributed by atoms with Crippen molar-refractivity contribution in [2.24, 2.45) is 5.73 Å². The third-order valence-corrected chi connectivity index (χ3v) is 0.803. The lowest BCUT2D eigenvalue weighted by atomic mass is 10.4. The smallest absolute Gasteiger partial charge is 0.321 e. The van der Waals surface area contributed by atoms with Crippen molar-refractivity contribution in [3.05, 3.63) is 0 Å². The van der Waals surface area contributed by atoms with Gasteiger partial charge < -0.3 is 5.73 Å². The van der Waals surface area contributed by atoms with E-state index in [0.29, 0.717) is 4.90 Å². The van der Waals surface area contributed by atoms with Crippen molar-refractivity contribution in [3.63, 3.8) is 0 Å². The van der Waals surface area contributed by atoms with Gasteiger partial charge in [0.05, 0.1) is 6.54 Å². The molecule has 0 heterocycles. The van der Waals surface area contributed by atoms with Crippen LogP contribution in [0.25, 0.3) is 0 Å². The molecule has 0 rings (SSSR count). The number of amides is 3. The molecule has 0 fully saturated rings. The largest absolute Gasteiger partial charge is 0.351 e. The quantitative estimate of drug-likeness (QED) is 0.522. The van der Waals surface area contributed by atoms with E-state index in [1.165, 1.54) is 6.92 Å². The third kappa shape index (κ3) is 2.81. The highest BCUT2D eigenvalue weighted by molar-refractivity contribution is 5.89. The molecule has 0 unspecified atom stereocenters. The van der Waals surface area contributed by atoms with Gasteiger partial charge in [0.15, 0.2) is 0 Å². The molecule has 0 saturated heterocycles. The van der Waals surface area contributed by atoms with E-state index in [9.17, 15) is 14.4 Å². The highest BCUT2D eigenvalue weighted by Gasteiger charge is 2.08. The van der Waals surface area contributed by atoms with E-state index in [1.807, 2.05) is 0 Å². The topological polar surface area (TPSA) is 80.5 Å². The minimum atomic E-state index is -0.912. The second-order valence-corrected chi connectivity index (χ2v) is 1.77. The van der Waals surface area contributed by atoms with Gasteiger partial charge in [0, 0.05) is 0 Å². The fraction of sp³-hybridized carbons (Fsp3) is 0.400. The van der Waals surface area contributed by atoms with Gasteiger partial charge in [-0.1, -0.05) is 0 Å². The predicted octanol–water partition coefficient (Wildman–Crippen LogP) is -0.888. The van der Waals surface area contributed by atoms with Crippen LogP contribution in [0.5, 0.6) is 0 Å². The minimum Gasteiger partial charge on any atom is -0.351 e. The summed E-state index contributed by atoms with van der Waals surface area (Å²) < 4.78 is 0. The SMILES string of the molecule is CC(=O)CN(C=O)C(N)=O. The number of nitrogens with two attached hydrogens (primary N) is 1. The van der Waals surface area contributed by atoms with Crippen molar-refractivity contribution in [2.45, 2.75) is 6.92 Å². The fourth-order valence-corrected chi connectivity index (χ4v) is 0.407. The molecule has 10 heavy (non-hydrogen) atoms. The van der Waals surface area contributed by atoms with Crippen molar-refractivity contribution in [2.75, 3.05) is 6.54 Å². The lowest BCUT2D eigenvalue weighted by Gasteiger charge is -2.08. The molecule has 0 bridgehead atoms. The van der Waals surface area contributed by atoms with Crippen LogP contribution in [0, 0.1) is 0 Å². The second-order valence-electron chi connectivity index (χ2n) is 1.77. The predicted molar refractivity (Wildman–Crippen MR) is 33.0 cm³/mol. The zero-order chi connectivity index (χ0) is 8.15. The number of ketones is 1. The molecule has 0 aromatic heterocycles. The molecule has 5 nitrogen and oxygen atoms in total. The summed E-state index contributed by atoms with van der Waals surface area (Å²) in [6, 6.07) is -0.912. The minimum absolute atomic E-state index is 0.226. The summed E-state index contributed by atoms with van der Waals surface area (Å²) >= 11 is 0. The van der Waals surface area contributed by atoms with E-state index in [2.05, 4.69) is 0 Å². The standard InChI is InChI=1S/C5H8N2O3/c1-4(9)2-7(3-8)5(6)10/h3H,2H2,1H3,(H2,6,10). The van der Waals surface area contributed by atoms with Crippen LogP contribution in [0.3, 0.4) is 0 Å². The molecular weight excluding hydrogens is 136 g/mol. The van der Waals surface area contributed by atoms with Crippen molar-refractivity contribution in [1.29, 1.82) is 0 Å². The molecule has 0 spiro atoms. The number of hydrogen-bond donors (Lipinski definition) is 1. The molecule has 0 aromatic rings.